The van der Waals surface area contributed by atoms with Gasteiger partial charge in [-0.2, -0.15) is 0 Å². The Kier molecular flexibility index (Phi) is 6.76. The number of carbonyl (C=O) groups excluding carboxylic acids is 2. The van der Waals surface area contributed by atoms with Crippen molar-refractivity contribution >= 4 is 17.4 Å². The number of nitrogens with zero attached hydrogens (tertiary/aromatic N) is 3. The van der Waals surface area contributed by atoms with Crippen LogP contribution >= 0.6 is 0 Å². The highest BCUT2D eigenvalue weighted by Gasteiger charge is 2.42. The molecule has 0 bridgehead atoms. The largest absolute Gasteiger partial charge is 0.493 e. The van der Waals surface area contributed by atoms with Crippen molar-refractivity contribution < 1.29 is 23.8 Å². The summed E-state index contributed by atoms with van der Waals surface area (Å²) >= 11 is 0. The minimum absolute atomic E-state index is 0.226. The number of hydrogen-bond acceptors (Lipinski definition) is 7. The fourth-order valence-electron chi connectivity index (χ4n) is 3.78. The van der Waals surface area contributed by atoms with E-state index in [1.807, 2.05) is 4.90 Å². The van der Waals surface area contributed by atoms with Gasteiger partial charge in [0.2, 0.25) is 0 Å². The third kappa shape index (κ3) is 4.09. The van der Waals surface area contributed by atoms with Crippen LogP contribution in [-0.2, 0) is 14.3 Å². The predicted octanol–water partition coefficient (Wildman–Crippen LogP) is 1.07. The summed E-state index contributed by atoms with van der Waals surface area (Å²) in [5.41, 5.74) is 1.53. The molecule has 2 aliphatic heterocycles. The van der Waals surface area contributed by atoms with Gasteiger partial charge in [-0.05, 0) is 24.2 Å². The van der Waals surface area contributed by atoms with Crippen molar-refractivity contribution in [1.82, 2.24) is 14.7 Å². The first-order chi connectivity index (χ1) is 14.0. The van der Waals surface area contributed by atoms with E-state index in [0.29, 0.717) is 48.0 Å². The minimum atomic E-state index is -0.299. The Morgan fingerprint density at radius 3 is 2.21 bits per heavy atom. The van der Waals surface area contributed by atoms with Gasteiger partial charge in [0, 0.05) is 33.3 Å². The highest BCUT2D eigenvalue weighted by atomic mass is 16.5. The number of carbonyl (C=O) groups is 2. The first-order valence-electron chi connectivity index (χ1n) is 9.84. The van der Waals surface area contributed by atoms with Crippen molar-refractivity contribution in [3.05, 3.63) is 29.5 Å². The fourth-order valence-corrected chi connectivity index (χ4v) is 3.78. The first-order valence-corrected chi connectivity index (χ1v) is 9.84. The van der Waals surface area contributed by atoms with Crippen LogP contribution in [0.5, 0.6) is 11.5 Å². The number of methoxy groups -OCH3 is 3. The van der Waals surface area contributed by atoms with Crippen molar-refractivity contribution in [2.45, 2.75) is 6.92 Å². The Labute approximate surface area is 171 Å². The van der Waals surface area contributed by atoms with Crippen LogP contribution in [0.3, 0.4) is 0 Å². The van der Waals surface area contributed by atoms with E-state index in [9.17, 15) is 9.59 Å². The topological polar surface area (TPSA) is 71.6 Å². The standard InChI is InChI=1S/C21H29N3O5/c1-5-22-8-10-23(11-9-22)19-18(20(25)24(21(19)26)12-13-27-2)15-6-7-16(28-3)17(14-15)29-4/h6-7,14H,5,8-13H2,1-4H3. The van der Waals surface area contributed by atoms with Crippen molar-refractivity contribution in [3.8, 4) is 11.5 Å². The highest BCUT2D eigenvalue weighted by molar-refractivity contribution is 6.35. The third-order valence-corrected chi connectivity index (χ3v) is 5.47. The minimum Gasteiger partial charge on any atom is -0.493 e. The molecular formula is C21H29N3O5. The van der Waals surface area contributed by atoms with E-state index < -0.39 is 0 Å². The van der Waals surface area contributed by atoms with E-state index in [1.54, 1.807) is 39.5 Å². The van der Waals surface area contributed by atoms with Crippen LogP contribution in [0.4, 0.5) is 0 Å². The van der Waals surface area contributed by atoms with Gasteiger partial charge < -0.3 is 24.0 Å². The molecule has 2 heterocycles. The van der Waals surface area contributed by atoms with Crippen LogP contribution in [0.1, 0.15) is 12.5 Å². The number of piperazine rings is 1. The second-order valence-electron chi connectivity index (χ2n) is 6.97. The molecule has 29 heavy (non-hydrogen) atoms. The molecule has 0 radical (unpaired) electrons. The summed E-state index contributed by atoms with van der Waals surface area (Å²) in [6.07, 6.45) is 0. The number of hydrogen-bond donors (Lipinski definition) is 0. The van der Waals surface area contributed by atoms with E-state index >= 15 is 0 Å². The molecule has 8 nitrogen and oxygen atoms in total. The van der Waals surface area contributed by atoms with E-state index in [2.05, 4.69) is 11.8 Å². The van der Waals surface area contributed by atoms with Gasteiger partial charge in [-0.1, -0.05) is 13.0 Å². The zero-order valence-corrected chi connectivity index (χ0v) is 17.6. The molecule has 0 N–H and O–H groups in total. The van der Waals surface area contributed by atoms with Crippen LogP contribution < -0.4 is 9.47 Å². The van der Waals surface area contributed by atoms with Crippen molar-refractivity contribution in [3.63, 3.8) is 0 Å². The smallest absolute Gasteiger partial charge is 0.277 e. The van der Waals surface area contributed by atoms with Crippen LogP contribution in [0.25, 0.3) is 5.57 Å². The summed E-state index contributed by atoms with van der Waals surface area (Å²) in [7, 11) is 4.66. The molecule has 0 unspecified atom stereocenters. The molecule has 2 aliphatic rings. The monoisotopic (exact) mass is 403 g/mol. The Morgan fingerprint density at radius 2 is 1.62 bits per heavy atom. The van der Waals surface area contributed by atoms with Crippen LogP contribution in [-0.4, -0.2) is 93.7 Å². The third-order valence-electron chi connectivity index (χ3n) is 5.47. The van der Waals surface area contributed by atoms with E-state index in [-0.39, 0.29) is 18.4 Å². The molecule has 0 saturated carbocycles. The van der Waals surface area contributed by atoms with Crippen LogP contribution in [0.2, 0.25) is 0 Å². The van der Waals surface area contributed by atoms with Gasteiger partial charge in [0.25, 0.3) is 11.8 Å². The van der Waals surface area contributed by atoms with Gasteiger partial charge >= 0.3 is 0 Å². The number of imide groups is 1. The second-order valence-corrected chi connectivity index (χ2v) is 6.97. The average Bonchev–Trinajstić information content (AvgIpc) is 3.01. The summed E-state index contributed by atoms with van der Waals surface area (Å²) in [5.74, 6) is 0.528. The molecule has 0 aromatic heterocycles. The summed E-state index contributed by atoms with van der Waals surface area (Å²) < 4.78 is 15.8. The zero-order valence-electron chi connectivity index (χ0n) is 17.6. The normalized spacial score (nSPS) is 18.1. The Morgan fingerprint density at radius 1 is 0.931 bits per heavy atom. The van der Waals surface area contributed by atoms with Crippen molar-refractivity contribution in [1.29, 1.82) is 0 Å². The summed E-state index contributed by atoms with van der Waals surface area (Å²) in [5, 5.41) is 0. The molecule has 0 spiro atoms. The first kappa shape index (κ1) is 21.1. The number of amides is 2. The maximum Gasteiger partial charge on any atom is 0.277 e. The molecule has 0 atom stereocenters. The Hall–Kier alpha value is -2.58. The second kappa shape index (κ2) is 9.28. The number of rotatable bonds is 8. The van der Waals surface area contributed by atoms with Gasteiger partial charge in [-0.3, -0.25) is 14.5 Å². The van der Waals surface area contributed by atoms with Gasteiger partial charge in [-0.15, -0.1) is 0 Å². The lowest BCUT2D eigenvalue weighted by atomic mass is 10.0. The average molecular weight is 403 g/mol. The molecule has 8 heteroatoms. The van der Waals surface area contributed by atoms with Crippen molar-refractivity contribution in [2.24, 2.45) is 0 Å². The van der Waals surface area contributed by atoms with Gasteiger partial charge in [0.15, 0.2) is 11.5 Å². The summed E-state index contributed by atoms with van der Waals surface area (Å²) in [6, 6.07) is 5.30. The summed E-state index contributed by atoms with van der Waals surface area (Å²) in [6.45, 7) is 6.76. The van der Waals surface area contributed by atoms with Crippen molar-refractivity contribution in [2.75, 3.05) is 67.2 Å². The predicted molar refractivity (Wildman–Crippen MR) is 109 cm³/mol. The SMILES string of the molecule is CCN1CCN(C2=C(c3ccc(OC)c(OC)c3)C(=O)N(CCOC)C2=O)CC1. The molecular weight excluding hydrogens is 374 g/mol. The lowest BCUT2D eigenvalue weighted by Gasteiger charge is -2.36. The van der Waals surface area contributed by atoms with E-state index in [1.165, 1.54) is 4.90 Å². The summed E-state index contributed by atoms with van der Waals surface area (Å²) in [4.78, 5) is 32.1. The zero-order chi connectivity index (χ0) is 21.0. The lowest BCUT2D eigenvalue weighted by Crippen LogP contribution is -2.47. The Bertz CT molecular complexity index is 800. The van der Waals surface area contributed by atoms with Gasteiger partial charge in [0.05, 0.1) is 32.9 Å². The van der Waals surface area contributed by atoms with Gasteiger partial charge in [0.1, 0.15) is 5.70 Å². The molecule has 0 aliphatic carbocycles. The molecule has 158 valence electrons. The molecule has 2 amide bonds. The van der Waals surface area contributed by atoms with Gasteiger partial charge in [-0.25, -0.2) is 0 Å². The number of ether oxygens (including phenoxy) is 3. The maximum absolute atomic E-state index is 13.2. The number of likely N-dealkylation sites (N-methyl/N-ethyl adjacent to an activating group) is 1. The highest BCUT2D eigenvalue weighted by Crippen LogP contribution is 2.36. The molecule has 1 aromatic rings. The molecule has 1 saturated heterocycles. The number of benzene rings is 1. The molecule has 3 rings (SSSR count). The maximum atomic E-state index is 13.2. The van der Waals surface area contributed by atoms with Crippen LogP contribution in [0, 0.1) is 0 Å². The van der Waals surface area contributed by atoms with E-state index in [0.717, 1.165) is 19.6 Å². The Balaban J connectivity index is 2.03. The molecule has 1 fully saturated rings. The van der Waals surface area contributed by atoms with Crippen LogP contribution in [0.15, 0.2) is 23.9 Å². The molecule has 1 aromatic carbocycles. The fraction of sp³-hybridized carbons (Fsp3) is 0.524. The van der Waals surface area contributed by atoms with E-state index in [4.69, 9.17) is 14.2 Å². The quantitative estimate of drug-likeness (QED) is 0.601. The lowest BCUT2D eigenvalue weighted by molar-refractivity contribution is -0.138.